The Hall–Kier alpha value is -2.63. The number of hydrogen-bond donors (Lipinski definition) is 2. The van der Waals surface area contributed by atoms with Crippen molar-refractivity contribution >= 4 is 17.3 Å². The van der Waals surface area contributed by atoms with Gasteiger partial charge >= 0.3 is 0 Å². The van der Waals surface area contributed by atoms with Crippen molar-refractivity contribution in [2.24, 2.45) is 0 Å². The van der Waals surface area contributed by atoms with Gasteiger partial charge in [0.2, 0.25) is 0 Å². The Balaban J connectivity index is 1.72. The number of carbonyl (C=O) groups excluding carboxylic acids is 1. The van der Waals surface area contributed by atoms with Crippen molar-refractivity contribution in [1.82, 2.24) is 9.97 Å². The maximum Gasteiger partial charge on any atom is 0.263 e. The zero-order valence-corrected chi connectivity index (χ0v) is 11.5. The van der Waals surface area contributed by atoms with E-state index in [1.165, 1.54) is 25.4 Å². The van der Waals surface area contributed by atoms with Gasteiger partial charge in [-0.2, -0.15) is 0 Å². The summed E-state index contributed by atoms with van der Waals surface area (Å²) >= 11 is 0. The second-order valence-corrected chi connectivity index (χ2v) is 4.99. The third kappa shape index (κ3) is 2.94. The molecular weight excluding hydrogens is 268 g/mol. The zero-order valence-electron chi connectivity index (χ0n) is 11.5. The monoisotopic (exact) mass is 284 g/mol. The lowest BCUT2D eigenvalue weighted by molar-refractivity contribution is 0.102. The van der Waals surface area contributed by atoms with E-state index in [0.29, 0.717) is 5.69 Å². The van der Waals surface area contributed by atoms with E-state index in [1.54, 1.807) is 0 Å². The minimum absolute atomic E-state index is 0.00104. The average Bonchev–Trinajstić information content (AvgIpc) is 3.02. The number of nitrogens with zero attached hydrogens (tertiary/aromatic N) is 2. The minimum atomic E-state index is -0.460. The highest BCUT2D eigenvalue weighted by atomic mass is 16.2. The molecule has 1 aliphatic rings. The molecule has 1 aliphatic heterocycles. The fourth-order valence-corrected chi connectivity index (χ4v) is 2.44. The maximum atomic E-state index is 12.0. The summed E-state index contributed by atoms with van der Waals surface area (Å²) in [4.78, 5) is 32.0. The summed E-state index contributed by atoms with van der Waals surface area (Å²) in [7, 11) is 0. The molecule has 0 saturated carbocycles. The normalized spacial score (nSPS) is 14.2. The molecule has 1 aromatic heterocycles. The summed E-state index contributed by atoms with van der Waals surface area (Å²) in [5.74, 6) is -0.460. The first-order valence-electron chi connectivity index (χ1n) is 6.93. The molecule has 0 aliphatic carbocycles. The molecule has 1 aromatic carbocycles. The molecule has 6 nitrogen and oxygen atoms in total. The SMILES string of the molecule is O=C(Nc1ccc(N2CCCC2)cc1)c1cnc[nH]c1=O. The molecule has 0 atom stereocenters. The molecule has 0 spiro atoms. The fourth-order valence-electron chi connectivity index (χ4n) is 2.44. The fraction of sp³-hybridized carbons (Fsp3) is 0.267. The van der Waals surface area contributed by atoms with Gasteiger partial charge < -0.3 is 15.2 Å². The van der Waals surface area contributed by atoms with Gasteiger partial charge in [-0.05, 0) is 37.1 Å². The molecule has 2 aromatic rings. The average molecular weight is 284 g/mol. The number of carbonyl (C=O) groups is 1. The van der Waals surface area contributed by atoms with Gasteiger partial charge in [0.05, 0.1) is 6.33 Å². The molecule has 1 fully saturated rings. The third-order valence-corrected chi connectivity index (χ3v) is 3.56. The van der Waals surface area contributed by atoms with E-state index in [4.69, 9.17) is 0 Å². The number of rotatable bonds is 3. The van der Waals surface area contributed by atoms with Crippen LogP contribution in [0.5, 0.6) is 0 Å². The highest BCUT2D eigenvalue weighted by Gasteiger charge is 2.13. The smallest absolute Gasteiger partial charge is 0.263 e. The molecule has 1 amide bonds. The first-order valence-corrected chi connectivity index (χ1v) is 6.93. The number of benzene rings is 1. The standard InChI is InChI=1S/C15H16N4O2/c20-14-13(9-16-10-17-14)15(21)18-11-3-5-12(6-4-11)19-7-1-2-8-19/h3-6,9-10H,1-2,7-8H2,(H,18,21)(H,16,17,20). The van der Waals surface area contributed by atoms with Gasteiger partial charge in [0.15, 0.2) is 0 Å². The van der Waals surface area contributed by atoms with Gasteiger partial charge in [0.1, 0.15) is 5.56 Å². The molecule has 3 rings (SSSR count). The lowest BCUT2D eigenvalue weighted by Gasteiger charge is -2.17. The molecule has 2 N–H and O–H groups in total. The Labute approximate surface area is 121 Å². The van der Waals surface area contributed by atoms with Gasteiger partial charge in [-0.15, -0.1) is 0 Å². The summed E-state index contributed by atoms with van der Waals surface area (Å²) < 4.78 is 0. The third-order valence-electron chi connectivity index (χ3n) is 3.56. The van der Waals surface area contributed by atoms with Crippen LogP contribution in [0.15, 0.2) is 41.6 Å². The maximum absolute atomic E-state index is 12.0. The Kier molecular flexibility index (Phi) is 3.68. The van der Waals surface area contributed by atoms with Crippen LogP contribution in [0.1, 0.15) is 23.2 Å². The highest BCUT2D eigenvalue weighted by Crippen LogP contribution is 2.22. The topological polar surface area (TPSA) is 78.1 Å². The van der Waals surface area contributed by atoms with Crippen molar-refractivity contribution in [2.45, 2.75) is 12.8 Å². The van der Waals surface area contributed by atoms with Gasteiger partial charge in [-0.3, -0.25) is 9.59 Å². The minimum Gasteiger partial charge on any atom is -0.372 e. The van der Waals surface area contributed by atoms with Crippen molar-refractivity contribution in [3.05, 3.63) is 52.7 Å². The zero-order chi connectivity index (χ0) is 14.7. The predicted octanol–water partition coefficient (Wildman–Crippen LogP) is 1.62. The van der Waals surface area contributed by atoms with Gasteiger partial charge in [0, 0.05) is 30.7 Å². The summed E-state index contributed by atoms with van der Waals surface area (Å²) in [6, 6.07) is 7.65. The lowest BCUT2D eigenvalue weighted by Crippen LogP contribution is -2.23. The highest BCUT2D eigenvalue weighted by molar-refractivity contribution is 6.03. The summed E-state index contributed by atoms with van der Waals surface area (Å²) in [5.41, 5.74) is 1.37. The molecular formula is C15H16N4O2. The molecule has 6 heteroatoms. The Morgan fingerprint density at radius 3 is 2.57 bits per heavy atom. The van der Waals surface area contributed by atoms with E-state index in [2.05, 4.69) is 20.2 Å². The number of H-pyrrole nitrogens is 1. The Morgan fingerprint density at radius 2 is 1.90 bits per heavy atom. The van der Waals surface area contributed by atoms with Crippen molar-refractivity contribution in [3.63, 3.8) is 0 Å². The van der Waals surface area contributed by atoms with Crippen LogP contribution >= 0.6 is 0 Å². The Morgan fingerprint density at radius 1 is 1.19 bits per heavy atom. The second kappa shape index (κ2) is 5.78. The summed E-state index contributed by atoms with van der Waals surface area (Å²) in [5, 5.41) is 2.70. The number of anilines is 2. The number of amides is 1. The van der Waals surface area contributed by atoms with E-state index in [9.17, 15) is 9.59 Å². The molecule has 108 valence electrons. The number of aromatic nitrogens is 2. The van der Waals surface area contributed by atoms with Crippen LogP contribution in [0.2, 0.25) is 0 Å². The van der Waals surface area contributed by atoms with E-state index in [0.717, 1.165) is 18.8 Å². The molecule has 2 heterocycles. The lowest BCUT2D eigenvalue weighted by atomic mass is 10.2. The van der Waals surface area contributed by atoms with Crippen LogP contribution in [0, 0.1) is 0 Å². The van der Waals surface area contributed by atoms with Crippen molar-refractivity contribution in [1.29, 1.82) is 0 Å². The number of nitrogens with one attached hydrogen (secondary N) is 2. The van der Waals surface area contributed by atoms with Crippen LogP contribution in [-0.4, -0.2) is 29.0 Å². The van der Waals surface area contributed by atoms with Crippen LogP contribution in [0.25, 0.3) is 0 Å². The van der Waals surface area contributed by atoms with Crippen LogP contribution in [0.3, 0.4) is 0 Å². The van der Waals surface area contributed by atoms with Gasteiger partial charge in [-0.1, -0.05) is 0 Å². The van der Waals surface area contributed by atoms with Crippen LogP contribution < -0.4 is 15.8 Å². The first kappa shape index (κ1) is 13.4. The molecule has 0 unspecified atom stereocenters. The quantitative estimate of drug-likeness (QED) is 0.898. The van der Waals surface area contributed by atoms with Crippen LogP contribution in [0.4, 0.5) is 11.4 Å². The predicted molar refractivity (Wildman–Crippen MR) is 80.7 cm³/mol. The van der Waals surface area contributed by atoms with Crippen molar-refractivity contribution in [3.8, 4) is 0 Å². The molecule has 21 heavy (non-hydrogen) atoms. The molecule has 0 radical (unpaired) electrons. The second-order valence-electron chi connectivity index (χ2n) is 4.99. The largest absolute Gasteiger partial charge is 0.372 e. The number of aromatic amines is 1. The molecule has 0 bridgehead atoms. The van der Waals surface area contributed by atoms with E-state index < -0.39 is 11.5 Å². The molecule has 1 saturated heterocycles. The van der Waals surface area contributed by atoms with E-state index in [-0.39, 0.29) is 5.56 Å². The van der Waals surface area contributed by atoms with Crippen LogP contribution in [-0.2, 0) is 0 Å². The summed E-state index contributed by atoms with van der Waals surface area (Å²) in [6.07, 6.45) is 4.96. The Bertz CT molecular complexity index is 687. The van der Waals surface area contributed by atoms with Gasteiger partial charge in [0.25, 0.3) is 11.5 Å². The number of hydrogen-bond acceptors (Lipinski definition) is 4. The van der Waals surface area contributed by atoms with E-state index in [1.807, 2.05) is 24.3 Å². The van der Waals surface area contributed by atoms with Crippen molar-refractivity contribution < 1.29 is 4.79 Å². The van der Waals surface area contributed by atoms with E-state index >= 15 is 0 Å². The summed E-state index contributed by atoms with van der Waals surface area (Å²) in [6.45, 7) is 2.16. The van der Waals surface area contributed by atoms with Gasteiger partial charge in [-0.25, -0.2) is 4.98 Å². The van der Waals surface area contributed by atoms with Crippen molar-refractivity contribution in [2.75, 3.05) is 23.3 Å². The first-order chi connectivity index (χ1) is 10.2.